The molecule has 0 aliphatic rings. The fraction of sp³-hybridized carbons (Fsp3) is 0.353. The van der Waals surface area contributed by atoms with Crippen LogP contribution in [0.25, 0.3) is 0 Å². The second kappa shape index (κ2) is 7.53. The van der Waals surface area contributed by atoms with Gasteiger partial charge in [0.15, 0.2) is 0 Å². The second-order valence-corrected chi connectivity index (χ2v) is 5.15. The minimum Gasteiger partial charge on any atom is -0.350 e. The van der Waals surface area contributed by atoms with Gasteiger partial charge in [0.1, 0.15) is 5.69 Å². The summed E-state index contributed by atoms with van der Waals surface area (Å²) in [5.74, 6) is 0.412. The Morgan fingerprint density at radius 1 is 1.24 bits per heavy atom. The quantitative estimate of drug-likeness (QED) is 0.886. The van der Waals surface area contributed by atoms with Crippen molar-refractivity contribution < 1.29 is 4.79 Å². The van der Waals surface area contributed by atoms with Crippen LogP contribution in [0.5, 0.6) is 0 Å². The minimum atomic E-state index is -0.181. The van der Waals surface area contributed by atoms with Crippen LogP contribution in [-0.2, 0) is 6.42 Å². The minimum absolute atomic E-state index is 0.181. The van der Waals surface area contributed by atoms with E-state index in [0.717, 1.165) is 12.8 Å². The van der Waals surface area contributed by atoms with Crippen molar-refractivity contribution >= 4 is 5.91 Å². The lowest BCUT2D eigenvalue weighted by atomic mass is 9.97. The third-order valence-corrected chi connectivity index (χ3v) is 3.66. The van der Waals surface area contributed by atoms with Crippen LogP contribution < -0.4 is 5.32 Å². The summed E-state index contributed by atoms with van der Waals surface area (Å²) in [5, 5.41) is 2.85. The molecular formula is C17H21N3O. The largest absolute Gasteiger partial charge is 0.350 e. The molecule has 4 nitrogen and oxygen atoms in total. The number of benzene rings is 1. The Hall–Kier alpha value is -2.23. The van der Waals surface area contributed by atoms with Crippen molar-refractivity contribution in [3.63, 3.8) is 0 Å². The van der Waals surface area contributed by atoms with Crippen LogP contribution in [0.2, 0.25) is 0 Å². The molecule has 1 aromatic heterocycles. The third kappa shape index (κ3) is 4.38. The van der Waals surface area contributed by atoms with Gasteiger partial charge in [0, 0.05) is 18.9 Å². The summed E-state index contributed by atoms with van der Waals surface area (Å²) in [6.07, 6.45) is 6.49. The Balaban J connectivity index is 1.82. The first-order valence-electron chi connectivity index (χ1n) is 7.33. The van der Waals surface area contributed by atoms with Gasteiger partial charge in [-0.25, -0.2) is 4.98 Å². The molecule has 0 aliphatic heterocycles. The predicted molar refractivity (Wildman–Crippen MR) is 83.2 cm³/mol. The molecule has 1 heterocycles. The summed E-state index contributed by atoms with van der Waals surface area (Å²) in [7, 11) is 0. The molecule has 1 unspecified atom stereocenters. The number of amides is 1. The highest BCUT2D eigenvalue weighted by Crippen LogP contribution is 2.18. The van der Waals surface area contributed by atoms with Crippen molar-refractivity contribution in [1.82, 2.24) is 15.3 Å². The van der Waals surface area contributed by atoms with E-state index >= 15 is 0 Å². The zero-order valence-electron chi connectivity index (χ0n) is 12.5. The molecule has 0 aliphatic carbocycles. The second-order valence-electron chi connectivity index (χ2n) is 5.15. The Labute approximate surface area is 125 Å². The van der Waals surface area contributed by atoms with E-state index in [1.165, 1.54) is 23.5 Å². The van der Waals surface area contributed by atoms with Crippen LogP contribution in [0.1, 0.15) is 47.8 Å². The maximum Gasteiger partial charge on any atom is 0.271 e. The van der Waals surface area contributed by atoms with Crippen molar-refractivity contribution in [2.75, 3.05) is 6.54 Å². The van der Waals surface area contributed by atoms with Crippen molar-refractivity contribution in [1.29, 1.82) is 0 Å². The molecule has 0 fully saturated rings. The van der Waals surface area contributed by atoms with E-state index in [2.05, 4.69) is 53.4 Å². The lowest BCUT2D eigenvalue weighted by Crippen LogP contribution is -2.26. The van der Waals surface area contributed by atoms with Crippen LogP contribution in [0.15, 0.2) is 42.9 Å². The number of hydrogen-bond donors (Lipinski definition) is 1. The molecule has 0 spiro atoms. The first-order chi connectivity index (χ1) is 10.2. The van der Waals surface area contributed by atoms with E-state index in [9.17, 15) is 4.79 Å². The average Bonchev–Trinajstić information content (AvgIpc) is 2.55. The van der Waals surface area contributed by atoms with Gasteiger partial charge in [0.2, 0.25) is 0 Å². The van der Waals surface area contributed by atoms with Crippen molar-refractivity contribution in [3.8, 4) is 0 Å². The monoisotopic (exact) mass is 283 g/mol. The summed E-state index contributed by atoms with van der Waals surface area (Å²) in [5.41, 5.74) is 2.94. The summed E-state index contributed by atoms with van der Waals surface area (Å²) < 4.78 is 0. The highest BCUT2D eigenvalue weighted by molar-refractivity contribution is 5.91. The molecule has 2 rings (SSSR count). The van der Waals surface area contributed by atoms with Gasteiger partial charge in [-0.2, -0.15) is 0 Å². The summed E-state index contributed by atoms with van der Waals surface area (Å²) in [6.45, 7) is 5.02. The molecule has 110 valence electrons. The molecular weight excluding hydrogens is 262 g/mol. The normalized spacial score (nSPS) is 11.9. The summed E-state index contributed by atoms with van der Waals surface area (Å²) in [6, 6.07) is 8.62. The Morgan fingerprint density at radius 2 is 2.00 bits per heavy atom. The maximum atomic E-state index is 11.8. The number of carbonyl (C=O) groups is 1. The molecule has 4 heteroatoms. The van der Waals surface area contributed by atoms with Gasteiger partial charge < -0.3 is 5.32 Å². The van der Waals surface area contributed by atoms with E-state index in [0.29, 0.717) is 18.2 Å². The van der Waals surface area contributed by atoms with Crippen LogP contribution in [-0.4, -0.2) is 22.4 Å². The number of hydrogen-bond acceptors (Lipinski definition) is 3. The predicted octanol–water partition coefficient (Wildman–Crippen LogP) is 2.96. The molecule has 0 saturated carbocycles. The van der Waals surface area contributed by atoms with Crippen LogP contribution in [0.4, 0.5) is 0 Å². The number of aromatic nitrogens is 2. The van der Waals surface area contributed by atoms with Crippen molar-refractivity contribution in [3.05, 3.63) is 59.7 Å². The van der Waals surface area contributed by atoms with Gasteiger partial charge in [0.25, 0.3) is 5.91 Å². The fourth-order valence-corrected chi connectivity index (χ4v) is 2.08. The van der Waals surface area contributed by atoms with E-state index in [1.54, 1.807) is 6.20 Å². The first kappa shape index (κ1) is 15.2. The van der Waals surface area contributed by atoms with Gasteiger partial charge in [-0.15, -0.1) is 0 Å². The Bertz CT molecular complexity index is 566. The van der Waals surface area contributed by atoms with Gasteiger partial charge in [-0.05, 0) is 29.9 Å². The van der Waals surface area contributed by atoms with Gasteiger partial charge in [-0.1, -0.05) is 38.1 Å². The molecule has 21 heavy (non-hydrogen) atoms. The van der Waals surface area contributed by atoms with Crippen molar-refractivity contribution in [2.45, 2.75) is 32.6 Å². The van der Waals surface area contributed by atoms with Crippen molar-refractivity contribution in [2.24, 2.45) is 0 Å². The molecule has 1 aromatic carbocycles. The lowest BCUT2D eigenvalue weighted by molar-refractivity contribution is 0.0948. The highest BCUT2D eigenvalue weighted by Gasteiger charge is 2.06. The molecule has 0 bridgehead atoms. The van der Waals surface area contributed by atoms with E-state index in [-0.39, 0.29) is 5.91 Å². The smallest absolute Gasteiger partial charge is 0.271 e. The van der Waals surface area contributed by atoms with Gasteiger partial charge >= 0.3 is 0 Å². The fourth-order valence-electron chi connectivity index (χ4n) is 2.08. The first-order valence-corrected chi connectivity index (χ1v) is 7.33. The Kier molecular flexibility index (Phi) is 5.43. The third-order valence-electron chi connectivity index (χ3n) is 3.66. The van der Waals surface area contributed by atoms with E-state index < -0.39 is 0 Å². The average molecular weight is 283 g/mol. The summed E-state index contributed by atoms with van der Waals surface area (Å²) >= 11 is 0. The molecule has 0 saturated heterocycles. The van der Waals surface area contributed by atoms with Gasteiger partial charge in [-0.3, -0.25) is 9.78 Å². The van der Waals surface area contributed by atoms with Crippen LogP contribution >= 0.6 is 0 Å². The summed E-state index contributed by atoms with van der Waals surface area (Å²) in [4.78, 5) is 19.7. The zero-order chi connectivity index (χ0) is 15.1. The lowest BCUT2D eigenvalue weighted by Gasteiger charge is -2.10. The molecule has 1 N–H and O–H groups in total. The van der Waals surface area contributed by atoms with E-state index in [1.807, 2.05) is 0 Å². The molecule has 1 amide bonds. The van der Waals surface area contributed by atoms with Crippen LogP contribution in [0.3, 0.4) is 0 Å². The number of carbonyl (C=O) groups excluding carboxylic acids is 1. The van der Waals surface area contributed by atoms with E-state index in [4.69, 9.17) is 0 Å². The van der Waals surface area contributed by atoms with Gasteiger partial charge in [0.05, 0.1) is 6.20 Å². The topological polar surface area (TPSA) is 54.9 Å². The molecule has 1 atom stereocenters. The molecule has 0 radical (unpaired) electrons. The number of rotatable bonds is 6. The molecule has 2 aromatic rings. The standard InChI is InChI=1S/C17H21N3O/c1-3-13(2)15-6-4-14(5-7-15)8-9-20-17(21)16-12-18-10-11-19-16/h4-7,10-13H,3,8-9H2,1-2H3,(H,20,21). The number of nitrogens with zero attached hydrogens (tertiary/aromatic N) is 2. The maximum absolute atomic E-state index is 11.8. The highest BCUT2D eigenvalue weighted by atomic mass is 16.1. The zero-order valence-corrected chi connectivity index (χ0v) is 12.5. The Morgan fingerprint density at radius 3 is 2.62 bits per heavy atom. The number of nitrogens with one attached hydrogen (secondary N) is 1. The SMILES string of the molecule is CCC(C)c1ccc(CCNC(=O)c2cnccn2)cc1. The van der Waals surface area contributed by atoms with Crippen LogP contribution in [0, 0.1) is 0 Å².